The Morgan fingerprint density at radius 3 is 3.12 bits per heavy atom. The molecule has 1 unspecified atom stereocenters. The molecular weight excluding hydrogens is 320 g/mol. The molecule has 2 aliphatic rings. The Labute approximate surface area is 146 Å². The molecular formula is C18H22N4O3. The summed E-state index contributed by atoms with van der Waals surface area (Å²) in [4.78, 5) is 16.9. The van der Waals surface area contributed by atoms with Crippen LogP contribution in [0.3, 0.4) is 0 Å². The lowest BCUT2D eigenvalue weighted by Crippen LogP contribution is -2.18. The second-order valence-corrected chi connectivity index (χ2v) is 6.54. The number of ether oxygens (including phenoxy) is 2. The Balaban J connectivity index is 1.49. The van der Waals surface area contributed by atoms with Crippen LogP contribution in [0.2, 0.25) is 0 Å². The maximum Gasteiger partial charge on any atom is 0.276 e. The lowest BCUT2D eigenvalue weighted by Gasteiger charge is -2.13. The molecule has 25 heavy (non-hydrogen) atoms. The van der Waals surface area contributed by atoms with Gasteiger partial charge in [-0.05, 0) is 31.7 Å². The average molecular weight is 342 g/mol. The number of anilines is 1. The van der Waals surface area contributed by atoms with Crippen LogP contribution < -0.4 is 10.1 Å². The topological polar surface area (TPSA) is 78.3 Å². The molecule has 2 aromatic rings. The van der Waals surface area contributed by atoms with Crippen molar-refractivity contribution in [2.45, 2.75) is 38.2 Å². The molecule has 7 nitrogen and oxygen atoms in total. The van der Waals surface area contributed by atoms with E-state index in [0.29, 0.717) is 30.5 Å². The van der Waals surface area contributed by atoms with Crippen LogP contribution >= 0.6 is 0 Å². The molecule has 0 aromatic carbocycles. The first-order chi connectivity index (χ1) is 12.2. The van der Waals surface area contributed by atoms with Crippen molar-refractivity contribution < 1.29 is 14.3 Å². The number of carbonyl (C=O) groups is 1. The first-order valence-corrected chi connectivity index (χ1v) is 8.77. The minimum Gasteiger partial charge on any atom is -0.472 e. The summed E-state index contributed by atoms with van der Waals surface area (Å²) in [7, 11) is 1.91. The van der Waals surface area contributed by atoms with Crippen molar-refractivity contribution in [3.05, 3.63) is 35.3 Å². The Hall–Kier alpha value is -2.41. The minimum absolute atomic E-state index is 0.0289. The standard InChI is InChI=1S/C18H22N4O3/c1-22-15-5-3-2-4-14(15)17(21-22)18(23)20-12-6-8-19-16(10-12)25-13-7-9-24-11-13/h6,8,10,13H,2-5,7,9,11H2,1H3,(H,19,20,23). The van der Waals surface area contributed by atoms with Crippen molar-refractivity contribution in [2.75, 3.05) is 18.5 Å². The maximum atomic E-state index is 12.7. The molecule has 1 aliphatic carbocycles. The Bertz CT molecular complexity index is 781. The molecule has 1 N–H and O–H groups in total. The lowest BCUT2D eigenvalue weighted by atomic mass is 9.95. The molecule has 0 saturated carbocycles. The second kappa shape index (κ2) is 6.84. The van der Waals surface area contributed by atoms with Crippen LogP contribution in [0.5, 0.6) is 5.88 Å². The predicted molar refractivity (Wildman–Crippen MR) is 91.9 cm³/mol. The molecule has 0 radical (unpaired) electrons. The van der Waals surface area contributed by atoms with Crippen molar-refractivity contribution >= 4 is 11.6 Å². The molecule has 1 fully saturated rings. The van der Waals surface area contributed by atoms with Crippen LogP contribution in [0.4, 0.5) is 5.69 Å². The third kappa shape index (κ3) is 3.37. The zero-order chi connectivity index (χ0) is 17.2. The third-order valence-electron chi connectivity index (χ3n) is 4.75. The van der Waals surface area contributed by atoms with E-state index in [9.17, 15) is 4.79 Å². The monoisotopic (exact) mass is 342 g/mol. The first-order valence-electron chi connectivity index (χ1n) is 8.77. The summed E-state index contributed by atoms with van der Waals surface area (Å²) in [6.07, 6.45) is 6.69. The predicted octanol–water partition coefficient (Wildman–Crippen LogP) is 2.11. The molecule has 7 heteroatoms. The Morgan fingerprint density at radius 2 is 2.28 bits per heavy atom. The van der Waals surface area contributed by atoms with E-state index in [1.54, 1.807) is 18.3 Å². The quantitative estimate of drug-likeness (QED) is 0.921. The van der Waals surface area contributed by atoms with E-state index in [1.165, 1.54) is 5.69 Å². The fraction of sp³-hybridized carbons (Fsp3) is 0.500. The van der Waals surface area contributed by atoms with E-state index in [0.717, 1.165) is 37.7 Å². The zero-order valence-electron chi connectivity index (χ0n) is 14.3. The molecule has 132 valence electrons. The van der Waals surface area contributed by atoms with Gasteiger partial charge in [0.15, 0.2) is 5.69 Å². The molecule has 0 bridgehead atoms. The van der Waals surface area contributed by atoms with Gasteiger partial charge in [0.05, 0.1) is 13.2 Å². The van der Waals surface area contributed by atoms with E-state index in [4.69, 9.17) is 9.47 Å². The van der Waals surface area contributed by atoms with E-state index < -0.39 is 0 Å². The fourth-order valence-corrected chi connectivity index (χ4v) is 3.47. The lowest BCUT2D eigenvalue weighted by molar-refractivity contribution is 0.102. The van der Waals surface area contributed by atoms with Crippen molar-refractivity contribution in [3.63, 3.8) is 0 Å². The molecule has 4 rings (SSSR count). The number of aryl methyl sites for hydroxylation is 1. The molecule has 1 aliphatic heterocycles. The van der Waals surface area contributed by atoms with Gasteiger partial charge in [-0.25, -0.2) is 4.98 Å². The van der Waals surface area contributed by atoms with Crippen LogP contribution in [0.25, 0.3) is 0 Å². The van der Waals surface area contributed by atoms with Crippen molar-refractivity contribution in [2.24, 2.45) is 7.05 Å². The van der Waals surface area contributed by atoms with Gasteiger partial charge >= 0.3 is 0 Å². The highest BCUT2D eigenvalue weighted by Gasteiger charge is 2.24. The number of hydrogen-bond donors (Lipinski definition) is 1. The highest BCUT2D eigenvalue weighted by atomic mass is 16.5. The SMILES string of the molecule is Cn1nc(C(=O)Nc2ccnc(OC3CCOC3)c2)c2c1CCCC2. The highest BCUT2D eigenvalue weighted by Crippen LogP contribution is 2.25. The Kier molecular flexibility index (Phi) is 4.40. The number of nitrogens with one attached hydrogen (secondary N) is 1. The summed E-state index contributed by atoms with van der Waals surface area (Å²) < 4.78 is 12.9. The number of carbonyl (C=O) groups excluding carboxylic acids is 1. The van der Waals surface area contributed by atoms with Crippen LogP contribution in [0.15, 0.2) is 18.3 Å². The molecule has 1 amide bonds. The van der Waals surface area contributed by atoms with Crippen LogP contribution in [0, 0.1) is 0 Å². The average Bonchev–Trinajstić information content (AvgIpc) is 3.24. The van der Waals surface area contributed by atoms with Crippen LogP contribution in [-0.4, -0.2) is 40.0 Å². The number of pyridine rings is 1. The number of rotatable bonds is 4. The van der Waals surface area contributed by atoms with Gasteiger partial charge in [0.2, 0.25) is 5.88 Å². The van der Waals surface area contributed by atoms with E-state index in [-0.39, 0.29) is 12.0 Å². The van der Waals surface area contributed by atoms with Gasteiger partial charge in [0.1, 0.15) is 6.10 Å². The first kappa shape index (κ1) is 16.1. The third-order valence-corrected chi connectivity index (χ3v) is 4.75. The smallest absolute Gasteiger partial charge is 0.276 e. The zero-order valence-corrected chi connectivity index (χ0v) is 14.3. The minimum atomic E-state index is -0.180. The van der Waals surface area contributed by atoms with Gasteiger partial charge in [-0.3, -0.25) is 9.48 Å². The molecule has 2 aromatic heterocycles. The number of hydrogen-bond acceptors (Lipinski definition) is 5. The van der Waals surface area contributed by atoms with E-state index in [2.05, 4.69) is 15.4 Å². The summed E-state index contributed by atoms with van der Waals surface area (Å²) in [5.74, 6) is 0.316. The van der Waals surface area contributed by atoms with Gasteiger partial charge in [0, 0.05) is 42.7 Å². The summed E-state index contributed by atoms with van der Waals surface area (Å²) in [6.45, 7) is 1.30. The summed E-state index contributed by atoms with van der Waals surface area (Å²) in [6, 6.07) is 3.50. The number of nitrogens with zero attached hydrogens (tertiary/aromatic N) is 3. The van der Waals surface area contributed by atoms with Crippen LogP contribution in [0.1, 0.15) is 41.0 Å². The van der Waals surface area contributed by atoms with Crippen molar-refractivity contribution in [3.8, 4) is 5.88 Å². The molecule has 1 atom stereocenters. The normalized spacial score (nSPS) is 19.5. The molecule has 1 saturated heterocycles. The number of amides is 1. The summed E-state index contributed by atoms with van der Waals surface area (Å²) in [5, 5.41) is 7.36. The largest absolute Gasteiger partial charge is 0.472 e. The van der Waals surface area contributed by atoms with Crippen LogP contribution in [-0.2, 0) is 24.6 Å². The van der Waals surface area contributed by atoms with Gasteiger partial charge in [-0.15, -0.1) is 0 Å². The van der Waals surface area contributed by atoms with Gasteiger partial charge in [-0.2, -0.15) is 5.10 Å². The van der Waals surface area contributed by atoms with Gasteiger partial charge < -0.3 is 14.8 Å². The second-order valence-electron chi connectivity index (χ2n) is 6.54. The van der Waals surface area contributed by atoms with Gasteiger partial charge in [-0.1, -0.05) is 0 Å². The molecule has 3 heterocycles. The maximum absolute atomic E-state index is 12.7. The highest BCUT2D eigenvalue weighted by molar-refractivity contribution is 6.04. The van der Waals surface area contributed by atoms with Gasteiger partial charge in [0.25, 0.3) is 5.91 Å². The van der Waals surface area contributed by atoms with Crippen molar-refractivity contribution in [1.29, 1.82) is 0 Å². The molecule has 0 spiro atoms. The number of fused-ring (bicyclic) bond motifs is 1. The fourth-order valence-electron chi connectivity index (χ4n) is 3.47. The summed E-state index contributed by atoms with van der Waals surface area (Å²) >= 11 is 0. The van der Waals surface area contributed by atoms with Crippen molar-refractivity contribution in [1.82, 2.24) is 14.8 Å². The summed E-state index contributed by atoms with van der Waals surface area (Å²) in [5.41, 5.74) is 3.45. The number of aromatic nitrogens is 3. The Morgan fingerprint density at radius 1 is 1.40 bits per heavy atom. The van der Waals surface area contributed by atoms with E-state index in [1.807, 2.05) is 11.7 Å². The van der Waals surface area contributed by atoms with E-state index >= 15 is 0 Å².